The summed E-state index contributed by atoms with van der Waals surface area (Å²) in [6, 6.07) is 31.9. The molecule has 1 nitrogen and oxygen atoms in total. The van der Waals surface area contributed by atoms with Crippen molar-refractivity contribution in [2.45, 2.75) is 37.0 Å². The third-order valence-corrected chi connectivity index (χ3v) is 8.21. The molecule has 27 heavy (non-hydrogen) atoms. The van der Waals surface area contributed by atoms with Crippen molar-refractivity contribution in [2.24, 2.45) is 5.92 Å². The van der Waals surface area contributed by atoms with Crippen molar-refractivity contribution in [2.75, 3.05) is 0 Å². The van der Waals surface area contributed by atoms with Crippen LogP contribution >= 0.6 is 19.9 Å². The van der Waals surface area contributed by atoms with E-state index in [2.05, 4.69) is 112 Å². The maximum Gasteiger partial charge on any atom is 0.0922 e. The van der Waals surface area contributed by atoms with Crippen molar-refractivity contribution in [1.29, 1.82) is 0 Å². The van der Waals surface area contributed by atoms with E-state index in [0.29, 0.717) is 11.2 Å². The van der Waals surface area contributed by atoms with Crippen molar-refractivity contribution in [3.05, 3.63) is 91.0 Å². The Bertz CT molecular complexity index is 753. The number of benzene rings is 3. The summed E-state index contributed by atoms with van der Waals surface area (Å²) in [6.45, 7) is 6.79. The second kappa shape index (κ2) is 10.1. The molecular weight excluding hydrogens is 367 g/mol. The molecule has 3 aromatic carbocycles. The maximum atomic E-state index is 6.76. The second-order valence-corrected chi connectivity index (χ2v) is 10.00. The quantitative estimate of drug-likeness (QED) is 0.330. The molecule has 2 atom stereocenters. The maximum absolute atomic E-state index is 6.76. The fourth-order valence-electron chi connectivity index (χ4n) is 3.05. The summed E-state index contributed by atoms with van der Waals surface area (Å²) in [5, 5.41) is 2.92. The Morgan fingerprint density at radius 1 is 0.667 bits per heavy atom. The van der Waals surface area contributed by atoms with Gasteiger partial charge in [0.15, 0.2) is 0 Å². The Morgan fingerprint density at radius 2 is 1.11 bits per heavy atom. The Kier molecular flexibility index (Phi) is 7.52. The second-order valence-electron chi connectivity index (χ2n) is 6.92. The van der Waals surface area contributed by atoms with Crippen LogP contribution in [0.3, 0.4) is 0 Å². The van der Waals surface area contributed by atoms with Crippen LogP contribution in [-0.2, 0) is 4.52 Å². The summed E-state index contributed by atoms with van der Waals surface area (Å²) in [5.74, 6) is 0.522. The largest absolute Gasteiger partial charge is 0.346 e. The summed E-state index contributed by atoms with van der Waals surface area (Å²) in [5.41, 5.74) is 0. The Morgan fingerprint density at radius 3 is 1.56 bits per heavy atom. The van der Waals surface area contributed by atoms with E-state index in [1.165, 1.54) is 15.5 Å². The van der Waals surface area contributed by atoms with Gasteiger partial charge in [-0.3, -0.25) is 0 Å². The standard InChI is InChI=1S/C24H27OPS/c1-19(2)24(27-23-17-11-6-12-18-23)20(3)25-26(21-13-7-4-8-14-21)22-15-9-5-10-16-22/h4-20,24H,1-3H3/t20-,24+/m0/s1. The molecule has 0 aliphatic rings. The lowest BCUT2D eigenvalue weighted by molar-refractivity contribution is 0.228. The topological polar surface area (TPSA) is 9.23 Å². The molecule has 0 unspecified atom stereocenters. The third kappa shape index (κ3) is 5.69. The number of hydrogen-bond donors (Lipinski definition) is 0. The first-order valence-corrected chi connectivity index (χ1v) is 11.6. The normalized spacial score (nSPS) is 13.7. The van der Waals surface area contributed by atoms with E-state index in [1.807, 2.05) is 11.8 Å². The van der Waals surface area contributed by atoms with Crippen LogP contribution in [0, 0.1) is 5.92 Å². The van der Waals surface area contributed by atoms with Crippen LogP contribution in [0.1, 0.15) is 20.8 Å². The molecular formula is C24H27OPS. The Hall–Kier alpha value is -1.60. The van der Waals surface area contributed by atoms with Gasteiger partial charge in [-0.2, -0.15) is 0 Å². The van der Waals surface area contributed by atoms with Gasteiger partial charge in [-0.25, -0.2) is 0 Å². The van der Waals surface area contributed by atoms with Crippen LogP contribution in [0.5, 0.6) is 0 Å². The van der Waals surface area contributed by atoms with Crippen molar-refractivity contribution in [3.8, 4) is 0 Å². The zero-order valence-electron chi connectivity index (χ0n) is 16.2. The molecule has 0 amide bonds. The van der Waals surface area contributed by atoms with E-state index in [9.17, 15) is 0 Å². The van der Waals surface area contributed by atoms with Gasteiger partial charge >= 0.3 is 0 Å². The Balaban J connectivity index is 1.83. The molecule has 0 spiro atoms. The molecule has 0 aromatic heterocycles. The highest BCUT2D eigenvalue weighted by Gasteiger charge is 2.27. The lowest BCUT2D eigenvalue weighted by Crippen LogP contribution is -2.29. The van der Waals surface area contributed by atoms with Crippen LogP contribution in [0.15, 0.2) is 95.9 Å². The van der Waals surface area contributed by atoms with Crippen LogP contribution in [0.4, 0.5) is 0 Å². The minimum atomic E-state index is -0.835. The summed E-state index contributed by atoms with van der Waals surface area (Å²) in [6.07, 6.45) is 0.140. The van der Waals surface area contributed by atoms with E-state index < -0.39 is 8.15 Å². The molecule has 0 bridgehead atoms. The molecule has 0 radical (unpaired) electrons. The van der Waals surface area contributed by atoms with E-state index in [0.717, 1.165) is 0 Å². The molecule has 3 rings (SSSR count). The highest BCUT2D eigenvalue weighted by Crippen LogP contribution is 2.41. The molecule has 0 saturated heterocycles. The van der Waals surface area contributed by atoms with Crippen molar-refractivity contribution in [1.82, 2.24) is 0 Å². The first-order valence-electron chi connectivity index (χ1n) is 9.44. The van der Waals surface area contributed by atoms with E-state index in [1.54, 1.807) is 0 Å². The number of hydrogen-bond acceptors (Lipinski definition) is 2. The van der Waals surface area contributed by atoms with E-state index >= 15 is 0 Å². The predicted octanol–water partition coefficient (Wildman–Crippen LogP) is 6.26. The molecule has 0 N–H and O–H groups in total. The molecule has 0 aliphatic carbocycles. The zero-order valence-corrected chi connectivity index (χ0v) is 17.9. The van der Waals surface area contributed by atoms with Gasteiger partial charge in [-0.1, -0.05) is 92.7 Å². The molecule has 3 aromatic rings. The number of rotatable bonds is 8. The lowest BCUT2D eigenvalue weighted by atomic mass is 10.1. The first-order chi connectivity index (χ1) is 13.1. The molecule has 0 saturated carbocycles. The van der Waals surface area contributed by atoms with Gasteiger partial charge in [0.1, 0.15) is 0 Å². The zero-order chi connectivity index (χ0) is 19.1. The monoisotopic (exact) mass is 394 g/mol. The third-order valence-electron chi connectivity index (χ3n) is 4.39. The SMILES string of the molecule is CC(C)[C@@H](Sc1ccccc1)[C@H](C)OP(c1ccccc1)c1ccccc1. The number of thioether (sulfide) groups is 1. The summed E-state index contributed by atoms with van der Waals surface area (Å²) in [7, 11) is -0.835. The summed E-state index contributed by atoms with van der Waals surface area (Å²) < 4.78 is 6.76. The summed E-state index contributed by atoms with van der Waals surface area (Å²) >= 11 is 1.92. The van der Waals surface area contributed by atoms with Gasteiger partial charge < -0.3 is 4.52 Å². The van der Waals surface area contributed by atoms with Gasteiger partial charge in [0, 0.05) is 20.8 Å². The molecule has 0 heterocycles. The fraction of sp³-hybridized carbons (Fsp3) is 0.250. The summed E-state index contributed by atoms with van der Waals surface area (Å²) in [4.78, 5) is 1.30. The predicted molar refractivity (Wildman–Crippen MR) is 121 cm³/mol. The van der Waals surface area contributed by atoms with Crippen LogP contribution in [0.25, 0.3) is 0 Å². The smallest absolute Gasteiger partial charge is 0.0922 e. The van der Waals surface area contributed by atoms with Gasteiger partial charge in [0.25, 0.3) is 0 Å². The molecule has 3 heteroatoms. The highest BCUT2D eigenvalue weighted by atomic mass is 32.2. The van der Waals surface area contributed by atoms with E-state index in [4.69, 9.17) is 4.52 Å². The fourth-order valence-corrected chi connectivity index (χ4v) is 6.18. The highest BCUT2D eigenvalue weighted by molar-refractivity contribution is 8.00. The van der Waals surface area contributed by atoms with Crippen molar-refractivity contribution < 1.29 is 4.52 Å². The van der Waals surface area contributed by atoms with Crippen LogP contribution < -0.4 is 10.6 Å². The lowest BCUT2D eigenvalue weighted by Gasteiger charge is -2.31. The van der Waals surface area contributed by atoms with Crippen molar-refractivity contribution >= 4 is 30.5 Å². The Labute approximate surface area is 169 Å². The van der Waals surface area contributed by atoms with Gasteiger partial charge in [-0.05, 0) is 25.0 Å². The molecule has 0 fully saturated rings. The average molecular weight is 395 g/mol. The van der Waals surface area contributed by atoms with Gasteiger partial charge in [0.05, 0.1) is 14.3 Å². The van der Waals surface area contributed by atoms with E-state index in [-0.39, 0.29) is 6.10 Å². The van der Waals surface area contributed by atoms with Crippen molar-refractivity contribution in [3.63, 3.8) is 0 Å². The van der Waals surface area contributed by atoms with Gasteiger partial charge in [0.2, 0.25) is 0 Å². The minimum absolute atomic E-state index is 0.140. The first kappa shape index (κ1) is 20.1. The minimum Gasteiger partial charge on any atom is -0.346 e. The van der Waals surface area contributed by atoms with Crippen LogP contribution in [-0.4, -0.2) is 11.4 Å². The average Bonchev–Trinajstić information content (AvgIpc) is 2.72. The van der Waals surface area contributed by atoms with Gasteiger partial charge in [-0.15, -0.1) is 11.8 Å². The van der Waals surface area contributed by atoms with Crippen LogP contribution in [0.2, 0.25) is 0 Å². The molecule has 0 aliphatic heterocycles. The molecule has 140 valence electrons.